The summed E-state index contributed by atoms with van der Waals surface area (Å²) in [6, 6.07) is 0. The van der Waals surface area contributed by atoms with Crippen molar-refractivity contribution in [3.05, 3.63) is 72.9 Å². The number of esters is 3. The third-order valence-electron chi connectivity index (χ3n) is 13.4. The number of carbonyl (C=O) groups is 3. The lowest BCUT2D eigenvalue weighted by Crippen LogP contribution is -2.30. The first kappa shape index (κ1) is 68.8. The van der Waals surface area contributed by atoms with Crippen LogP contribution in [-0.2, 0) is 28.6 Å². The van der Waals surface area contributed by atoms with Crippen LogP contribution in [0.5, 0.6) is 0 Å². The van der Waals surface area contributed by atoms with Crippen LogP contribution in [0.15, 0.2) is 72.9 Å². The number of unbranched alkanes of at least 4 members (excludes halogenated alkanes) is 33. The summed E-state index contributed by atoms with van der Waals surface area (Å²) in [4.78, 5) is 38.3. The fourth-order valence-electron chi connectivity index (χ4n) is 8.75. The molecule has 0 aromatic rings. The lowest BCUT2D eigenvalue weighted by molar-refractivity contribution is -0.167. The van der Waals surface area contributed by atoms with E-state index in [0.717, 1.165) is 96.3 Å². The Morgan fingerprint density at radius 3 is 0.819 bits per heavy atom. The molecule has 6 nitrogen and oxygen atoms in total. The molecule has 0 spiro atoms. The van der Waals surface area contributed by atoms with E-state index in [4.69, 9.17) is 14.2 Å². The van der Waals surface area contributed by atoms with Crippen molar-refractivity contribution >= 4 is 17.9 Å². The maximum atomic E-state index is 12.9. The van der Waals surface area contributed by atoms with E-state index in [1.807, 2.05) is 0 Å². The highest BCUT2D eigenvalue weighted by Gasteiger charge is 2.19. The summed E-state index contributed by atoms with van der Waals surface area (Å²) >= 11 is 0. The van der Waals surface area contributed by atoms with E-state index in [1.54, 1.807) is 0 Å². The van der Waals surface area contributed by atoms with Gasteiger partial charge in [0.05, 0.1) is 0 Å². The Labute approximate surface area is 446 Å². The highest BCUT2D eigenvalue weighted by Crippen LogP contribution is 2.16. The van der Waals surface area contributed by atoms with Crippen molar-refractivity contribution in [2.45, 2.75) is 316 Å². The SMILES string of the molecule is CCCCC/C=C/C/C=C/C/C=C/C/C=C/CCCCCC(=O)OC[C@@H](COC(=O)CCCCCCCCC/C=C/C/C=C/CCCCC)OC(=O)CCCCCCCCCCCCCCCCCCCC. The first-order chi connectivity index (χ1) is 35.5. The molecule has 0 fully saturated rings. The van der Waals surface area contributed by atoms with Crippen LogP contribution in [0.2, 0.25) is 0 Å². The molecule has 1 atom stereocenters. The van der Waals surface area contributed by atoms with Gasteiger partial charge in [0.2, 0.25) is 0 Å². The predicted octanol–water partition coefficient (Wildman–Crippen LogP) is 20.9. The standard InChI is InChI=1S/C66H116O6/c1-4-7-10-13-16-19-22-25-28-31-33-36-38-41-44-47-50-53-56-59-65(68)71-62-63(61-70-64(67)58-55-52-49-46-43-40-37-34-30-27-24-21-18-15-12-9-6-3)72-66(69)60-57-54-51-48-45-42-39-35-32-29-26-23-20-17-14-11-8-5-2/h16,18-19,21,25,27-28,30,33,36,41,44,63H,4-15,17,20,22-24,26,29,31-32,34-35,37-40,42-43,45-62H2,1-3H3/b19-16+,21-18+,28-25+,30-27+,36-33+,44-41+/t63-/m1/s1. The summed E-state index contributed by atoms with van der Waals surface area (Å²) < 4.78 is 16.9. The van der Waals surface area contributed by atoms with Gasteiger partial charge in [0, 0.05) is 19.3 Å². The van der Waals surface area contributed by atoms with Gasteiger partial charge in [-0.2, -0.15) is 0 Å². The molecule has 0 rings (SSSR count). The van der Waals surface area contributed by atoms with Gasteiger partial charge in [0.15, 0.2) is 6.10 Å². The summed E-state index contributed by atoms with van der Waals surface area (Å²) in [7, 11) is 0. The second kappa shape index (κ2) is 60.4. The van der Waals surface area contributed by atoms with Crippen LogP contribution >= 0.6 is 0 Å². The number of ether oxygens (including phenoxy) is 3. The smallest absolute Gasteiger partial charge is 0.306 e. The Hall–Kier alpha value is -3.15. The molecule has 0 unspecified atom stereocenters. The van der Waals surface area contributed by atoms with Crippen molar-refractivity contribution in [3.8, 4) is 0 Å². The Bertz CT molecular complexity index is 1340. The molecule has 0 amide bonds. The molecule has 0 saturated heterocycles. The molecule has 0 N–H and O–H groups in total. The van der Waals surface area contributed by atoms with E-state index in [0.29, 0.717) is 19.3 Å². The second-order valence-electron chi connectivity index (χ2n) is 20.6. The molecule has 72 heavy (non-hydrogen) atoms. The molecule has 0 aliphatic carbocycles. The number of allylic oxidation sites excluding steroid dienone is 12. The Morgan fingerprint density at radius 2 is 0.500 bits per heavy atom. The fourth-order valence-corrected chi connectivity index (χ4v) is 8.75. The van der Waals surface area contributed by atoms with Crippen LogP contribution in [0, 0.1) is 0 Å². The van der Waals surface area contributed by atoms with E-state index in [-0.39, 0.29) is 31.1 Å². The third kappa shape index (κ3) is 57.7. The average molecular weight is 1010 g/mol. The van der Waals surface area contributed by atoms with E-state index in [1.165, 1.54) is 173 Å². The minimum absolute atomic E-state index is 0.0876. The summed E-state index contributed by atoms with van der Waals surface area (Å²) in [5, 5.41) is 0. The lowest BCUT2D eigenvalue weighted by Gasteiger charge is -2.18. The minimum atomic E-state index is -0.791. The van der Waals surface area contributed by atoms with Gasteiger partial charge >= 0.3 is 17.9 Å². The van der Waals surface area contributed by atoms with Gasteiger partial charge in [-0.05, 0) is 96.3 Å². The van der Waals surface area contributed by atoms with Crippen LogP contribution in [0.3, 0.4) is 0 Å². The summed E-state index contributed by atoms with van der Waals surface area (Å²) in [5.41, 5.74) is 0. The van der Waals surface area contributed by atoms with Crippen molar-refractivity contribution in [1.82, 2.24) is 0 Å². The van der Waals surface area contributed by atoms with Crippen LogP contribution in [0.25, 0.3) is 0 Å². The van der Waals surface area contributed by atoms with E-state index < -0.39 is 6.10 Å². The van der Waals surface area contributed by atoms with Gasteiger partial charge in [0.25, 0.3) is 0 Å². The van der Waals surface area contributed by atoms with E-state index in [9.17, 15) is 14.4 Å². The second-order valence-corrected chi connectivity index (χ2v) is 20.6. The van der Waals surface area contributed by atoms with Gasteiger partial charge in [-0.25, -0.2) is 0 Å². The summed E-state index contributed by atoms with van der Waals surface area (Å²) in [6.07, 6.45) is 77.5. The highest BCUT2D eigenvalue weighted by molar-refractivity contribution is 5.71. The van der Waals surface area contributed by atoms with E-state index >= 15 is 0 Å². The minimum Gasteiger partial charge on any atom is -0.462 e. The molecule has 0 aliphatic heterocycles. The van der Waals surface area contributed by atoms with Gasteiger partial charge < -0.3 is 14.2 Å². The van der Waals surface area contributed by atoms with Gasteiger partial charge in [0.1, 0.15) is 13.2 Å². The van der Waals surface area contributed by atoms with Crippen LogP contribution in [0.1, 0.15) is 310 Å². The van der Waals surface area contributed by atoms with Crippen LogP contribution in [-0.4, -0.2) is 37.2 Å². The molecule has 0 aromatic carbocycles. The fraction of sp³-hybridized carbons (Fsp3) is 0.773. The molecule has 0 aliphatic rings. The predicted molar refractivity (Wildman–Crippen MR) is 311 cm³/mol. The Balaban J connectivity index is 4.43. The third-order valence-corrected chi connectivity index (χ3v) is 13.4. The first-order valence-corrected chi connectivity index (χ1v) is 30.9. The van der Waals surface area contributed by atoms with Crippen molar-refractivity contribution in [2.75, 3.05) is 13.2 Å². The monoisotopic (exact) mass is 1000 g/mol. The molecule has 6 heteroatoms. The topological polar surface area (TPSA) is 78.9 Å². The molecule has 0 radical (unpaired) electrons. The van der Waals surface area contributed by atoms with Crippen molar-refractivity contribution in [3.63, 3.8) is 0 Å². The summed E-state index contributed by atoms with van der Waals surface area (Å²) in [6.45, 7) is 6.59. The van der Waals surface area contributed by atoms with Crippen molar-refractivity contribution in [2.24, 2.45) is 0 Å². The van der Waals surface area contributed by atoms with Crippen molar-refractivity contribution in [1.29, 1.82) is 0 Å². The molecule has 0 saturated carbocycles. The molecular formula is C66H116O6. The number of rotatable bonds is 56. The maximum absolute atomic E-state index is 12.9. The van der Waals surface area contributed by atoms with Gasteiger partial charge in [-0.1, -0.05) is 267 Å². The highest BCUT2D eigenvalue weighted by atomic mass is 16.6. The zero-order valence-corrected chi connectivity index (χ0v) is 47.7. The normalized spacial score (nSPS) is 12.5. The Kier molecular flexibility index (Phi) is 57.8. The van der Waals surface area contributed by atoms with Crippen LogP contribution in [0.4, 0.5) is 0 Å². The molecular weight excluding hydrogens is 889 g/mol. The largest absolute Gasteiger partial charge is 0.462 e. The molecule has 0 bridgehead atoms. The lowest BCUT2D eigenvalue weighted by atomic mass is 10.0. The van der Waals surface area contributed by atoms with Crippen molar-refractivity contribution < 1.29 is 28.6 Å². The number of carbonyl (C=O) groups excluding carboxylic acids is 3. The zero-order chi connectivity index (χ0) is 52.2. The molecule has 0 heterocycles. The molecule has 416 valence electrons. The number of hydrogen-bond donors (Lipinski definition) is 0. The molecule has 0 aromatic heterocycles. The first-order valence-electron chi connectivity index (χ1n) is 30.9. The maximum Gasteiger partial charge on any atom is 0.306 e. The quantitative estimate of drug-likeness (QED) is 0.0261. The van der Waals surface area contributed by atoms with E-state index in [2.05, 4.69) is 93.7 Å². The Morgan fingerprint density at radius 1 is 0.278 bits per heavy atom. The zero-order valence-electron chi connectivity index (χ0n) is 47.7. The van der Waals surface area contributed by atoms with Gasteiger partial charge in [-0.15, -0.1) is 0 Å². The number of hydrogen-bond acceptors (Lipinski definition) is 6. The average Bonchev–Trinajstić information content (AvgIpc) is 3.38. The van der Waals surface area contributed by atoms with Gasteiger partial charge in [-0.3, -0.25) is 14.4 Å². The summed E-state index contributed by atoms with van der Waals surface area (Å²) in [5.74, 6) is -0.912. The van der Waals surface area contributed by atoms with Crippen LogP contribution < -0.4 is 0 Å².